The van der Waals surface area contributed by atoms with Crippen molar-refractivity contribution in [3.8, 4) is 0 Å². The maximum absolute atomic E-state index is 11.8. The van der Waals surface area contributed by atoms with Crippen LogP contribution in [0.1, 0.15) is 46.0 Å². The molecule has 1 fully saturated rings. The second-order valence-corrected chi connectivity index (χ2v) is 4.75. The zero-order valence-electron chi connectivity index (χ0n) is 9.91. The van der Waals surface area contributed by atoms with Crippen LogP contribution in [0.3, 0.4) is 0 Å². The lowest BCUT2D eigenvalue weighted by Crippen LogP contribution is -2.44. The number of hydrogen-bond acceptors (Lipinski definition) is 2. The maximum atomic E-state index is 11.8. The second kappa shape index (κ2) is 6.11. The molecule has 3 nitrogen and oxygen atoms in total. The summed E-state index contributed by atoms with van der Waals surface area (Å²) in [6, 6.07) is 0.398. The number of amides is 1. The summed E-state index contributed by atoms with van der Waals surface area (Å²) in [6.07, 6.45) is 4.42. The number of carbonyl (C=O) groups is 1. The molecule has 1 amide bonds. The average Bonchev–Trinajstić information content (AvgIpc) is 2.17. The van der Waals surface area contributed by atoms with Crippen LogP contribution in [0.4, 0.5) is 0 Å². The van der Waals surface area contributed by atoms with Gasteiger partial charge in [0.15, 0.2) is 0 Å². The molecule has 0 radical (unpaired) electrons. The first-order valence-electron chi connectivity index (χ1n) is 6.05. The molecule has 1 aliphatic heterocycles. The number of piperidine rings is 1. The number of unbranched alkanes of at least 4 members (excludes halogenated alkanes) is 1. The number of aliphatic hydroxyl groups excluding tert-OH is 1. The Bertz CT molecular complexity index is 206. The van der Waals surface area contributed by atoms with Gasteiger partial charge in [-0.2, -0.15) is 0 Å². The molecule has 3 heteroatoms. The summed E-state index contributed by atoms with van der Waals surface area (Å²) < 4.78 is 0. The molecule has 1 aliphatic rings. The predicted octanol–water partition coefficient (Wildman–Crippen LogP) is 1.80. The molecule has 0 aromatic carbocycles. The number of likely N-dealkylation sites (tertiary alicyclic amines) is 1. The molecule has 1 heterocycles. The second-order valence-electron chi connectivity index (χ2n) is 4.75. The first-order chi connectivity index (χ1) is 7.15. The molecule has 2 atom stereocenters. The number of carbonyl (C=O) groups excluding carboxylic acids is 1. The van der Waals surface area contributed by atoms with Crippen molar-refractivity contribution in [3.05, 3.63) is 0 Å². The van der Waals surface area contributed by atoms with Gasteiger partial charge in [0.2, 0.25) is 5.91 Å². The zero-order chi connectivity index (χ0) is 11.3. The van der Waals surface area contributed by atoms with Crippen LogP contribution in [0.5, 0.6) is 0 Å². The Morgan fingerprint density at radius 1 is 1.40 bits per heavy atom. The van der Waals surface area contributed by atoms with Crippen molar-refractivity contribution < 1.29 is 9.90 Å². The lowest BCUT2D eigenvalue weighted by atomic mass is 9.93. The van der Waals surface area contributed by atoms with Gasteiger partial charge >= 0.3 is 0 Å². The van der Waals surface area contributed by atoms with Crippen LogP contribution in [0.15, 0.2) is 0 Å². The largest absolute Gasteiger partial charge is 0.396 e. The Morgan fingerprint density at radius 2 is 2.13 bits per heavy atom. The molecule has 1 N–H and O–H groups in total. The Labute approximate surface area is 92.5 Å². The van der Waals surface area contributed by atoms with Crippen molar-refractivity contribution in [3.63, 3.8) is 0 Å². The third-order valence-corrected chi connectivity index (χ3v) is 3.26. The summed E-state index contributed by atoms with van der Waals surface area (Å²) in [5, 5.41) is 8.65. The molecule has 0 spiro atoms. The van der Waals surface area contributed by atoms with Crippen molar-refractivity contribution in [2.75, 3.05) is 13.2 Å². The van der Waals surface area contributed by atoms with Gasteiger partial charge in [0.05, 0.1) is 0 Å². The lowest BCUT2D eigenvalue weighted by Gasteiger charge is -2.36. The highest BCUT2D eigenvalue weighted by molar-refractivity contribution is 5.76. The zero-order valence-corrected chi connectivity index (χ0v) is 9.91. The van der Waals surface area contributed by atoms with Crippen molar-refractivity contribution in [1.82, 2.24) is 4.90 Å². The van der Waals surface area contributed by atoms with Crippen LogP contribution in [0, 0.1) is 5.92 Å². The Balaban J connectivity index is 2.32. The monoisotopic (exact) mass is 213 g/mol. The molecule has 1 saturated heterocycles. The highest BCUT2D eigenvalue weighted by Crippen LogP contribution is 2.22. The van der Waals surface area contributed by atoms with Gasteiger partial charge in [-0.1, -0.05) is 6.92 Å². The van der Waals surface area contributed by atoms with E-state index in [0.717, 1.165) is 38.1 Å². The van der Waals surface area contributed by atoms with E-state index in [1.807, 2.05) is 4.90 Å². The van der Waals surface area contributed by atoms with E-state index < -0.39 is 0 Å². The highest BCUT2D eigenvalue weighted by Gasteiger charge is 2.25. The molecule has 15 heavy (non-hydrogen) atoms. The van der Waals surface area contributed by atoms with Gasteiger partial charge in [-0.15, -0.1) is 0 Å². The number of aliphatic hydroxyl groups is 1. The summed E-state index contributed by atoms with van der Waals surface area (Å²) >= 11 is 0. The molecular weight excluding hydrogens is 190 g/mol. The van der Waals surface area contributed by atoms with Crippen LogP contribution >= 0.6 is 0 Å². The van der Waals surface area contributed by atoms with Crippen LogP contribution in [0.25, 0.3) is 0 Å². The van der Waals surface area contributed by atoms with Gasteiger partial charge in [0.25, 0.3) is 0 Å². The minimum atomic E-state index is 0.194. The molecule has 0 bridgehead atoms. The molecule has 0 saturated carbocycles. The fraction of sp³-hybridized carbons (Fsp3) is 0.917. The van der Waals surface area contributed by atoms with E-state index in [2.05, 4.69) is 13.8 Å². The van der Waals surface area contributed by atoms with E-state index in [0.29, 0.717) is 12.5 Å². The molecule has 2 unspecified atom stereocenters. The lowest BCUT2D eigenvalue weighted by molar-refractivity contribution is -0.135. The summed E-state index contributed by atoms with van der Waals surface area (Å²) in [7, 11) is 0. The SMILES string of the molecule is CC1CCN(C(=O)CCCCO)C(C)C1. The Kier molecular flexibility index (Phi) is 5.09. The van der Waals surface area contributed by atoms with Crippen LogP contribution < -0.4 is 0 Å². The van der Waals surface area contributed by atoms with Crippen LogP contribution in [0.2, 0.25) is 0 Å². The van der Waals surface area contributed by atoms with Crippen molar-refractivity contribution in [2.24, 2.45) is 5.92 Å². The first kappa shape index (κ1) is 12.5. The van der Waals surface area contributed by atoms with Gasteiger partial charge in [-0.05, 0) is 38.5 Å². The molecule has 0 aromatic rings. The van der Waals surface area contributed by atoms with Crippen molar-refractivity contribution >= 4 is 5.91 Å². The summed E-state index contributed by atoms with van der Waals surface area (Å²) in [6.45, 7) is 5.50. The van der Waals surface area contributed by atoms with Crippen LogP contribution in [-0.4, -0.2) is 35.1 Å². The van der Waals surface area contributed by atoms with E-state index in [4.69, 9.17) is 5.11 Å². The molecular formula is C12H23NO2. The molecule has 88 valence electrons. The van der Waals surface area contributed by atoms with E-state index in [-0.39, 0.29) is 12.5 Å². The summed E-state index contributed by atoms with van der Waals surface area (Å²) in [5.74, 6) is 1.02. The van der Waals surface area contributed by atoms with Crippen molar-refractivity contribution in [2.45, 2.75) is 52.0 Å². The highest BCUT2D eigenvalue weighted by atomic mass is 16.3. The standard InChI is InChI=1S/C12H23NO2/c1-10-6-7-13(11(2)9-10)12(15)5-3-4-8-14/h10-11,14H,3-9H2,1-2H3. The Morgan fingerprint density at radius 3 is 2.73 bits per heavy atom. The summed E-state index contributed by atoms with van der Waals surface area (Å²) in [4.78, 5) is 13.8. The summed E-state index contributed by atoms with van der Waals surface area (Å²) in [5.41, 5.74) is 0. The number of rotatable bonds is 4. The van der Waals surface area contributed by atoms with Gasteiger partial charge < -0.3 is 10.0 Å². The average molecular weight is 213 g/mol. The normalized spacial score (nSPS) is 26.7. The predicted molar refractivity (Wildman–Crippen MR) is 60.5 cm³/mol. The quantitative estimate of drug-likeness (QED) is 0.723. The smallest absolute Gasteiger partial charge is 0.222 e. The van der Waals surface area contributed by atoms with Crippen LogP contribution in [-0.2, 0) is 4.79 Å². The van der Waals surface area contributed by atoms with Crippen molar-refractivity contribution in [1.29, 1.82) is 0 Å². The fourth-order valence-electron chi connectivity index (χ4n) is 2.31. The molecule has 0 aliphatic carbocycles. The maximum Gasteiger partial charge on any atom is 0.222 e. The minimum Gasteiger partial charge on any atom is -0.396 e. The molecule has 1 rings (SSSR count). The number of hydrogen-bond donors (Lipinski definition) is 1. The van der Waals surface area contributed by atoms with E-state index in [1.54, 1.807) is 0 Å². The third kappa shape index (κ3) is 3.82. The van der Waals surface area contributed by atoms with Gasteiger partial charge in [0.1, 0.15) is 0 Å². The van der Waals surface area contributed by atoms with Gasteiger partial charge in [0, 0.05) is 25.6 Å². The van der Waals surface area contributed by atoms with Gasteiger partial charge in [-0.25, -0.2) is 0 Å². The third-order valence-electron chi connectivity index (χ3n) is 3.26. The fourth-order valence-corrected chi connectivity index (χ4v) is 2.31. The van der Waals surface area contributed by atoms with E-state index in [1.165, 1.54) is 0 Å². The minimum absolute atomic E-state index is 0.194. The topological polar surface area (TPSA) is 40.5 Å². The van der Waals surface area contributed by atoms with Gasteiger partial charge in [-0.3, -0.25) is 4.79 Å². The van der Waals surface area contributed by atoms with E-state index >= 15 is 0 Å². The first-order valence-corrected chi connectivity index (χ1v) is 6.05. The molecule has 0 aromatic heterocycles. The Hall–Kier alpha value is -0.570. The number of nitrogens with zero attached hydrogens (tertiary/aromatic N) is 1. The van der Waals surface area contributed by atoms with E-state index in [9.17, 15) is 4.79 Å².